The van der Waals surface area contributed by atoms with Crippen molar-refractivity contribution in [3.63, 3.8) is 0 Å². The van der Waals surface area contributed by atoms with E-state index in [0.717, 1.165) is 60.5 Å². The van der Waals surface area contributed by atoms with Gasteiger partial charge in [0.05, 0.1) is 5.69 Å². The van der Waals surface area contributed by atoms with E-state index in [4.69, 9.17) is 22.2 Å². The molecule has 6 nitrogen and oxygen atoms in total. The first-order valence-electron chi connectivity index (χ1n) is 11.1. The van der Waals surface area contributed by atoms with Gasteiger partial charge in [-0.3, -0.25) is 0 Å². The number of thiocarbonyl (C=S) groups is 1. The van der Waals surface area contributed by atoms with Crippen molar-refractivity contribution in [1.29, 1.82) is 0 Å². The molecule has 0 saturated heterocycles. The van der Waals surface area contributed by atoms with Crippen molar-refractivity contribution in [2.24, 2.45) is 0 Å². The molecule has 0 spiro atoms. The lowest BCUT2D eigenvalue weighted by atomic mass is 9.91. The Morgan fingerprint density at radius 2 is 1.68 bits per heavy atom. The van der Waals surface area contributed by atoms with E-state index in [2.05, 4.69) is 50.9 Å². The lowest BCUT2D eigenvalue weighted by Crippen LogP contribution is -2.42. The first-order chi connectivity index (χ1) is 15.0. The summed E-state index contributed by atoms with van der Waals surface area (Å²) in [7, 11) is 4.14. The zero-order chi connectivity index (χ0) is 21.8. The topological polar surface area (TPSA) is 65.1 Å². The Hall–Kier alpha value is -1.93. The van der Waals surface area contributed by atoms with Crippen LogP contribution < -0.4 is 20.9 Å². The molecule has 2 aromatic rings. The normalized spacial score (nSPS) is 20.5. The van der Waals surface area contributed by atoms with Crippen LogP contribution in [0.4, 0.5) is 17.5 Å². The van der Waals surface area contributed by atoms with E-state index in [1.807, 2.05) is 24.3 Å². The number of nitrogens with zero attached hydrogens (tertiary/aromatic N) is 3. The number of rotatable bonds is 5. The Morgan fingerprint density at radius 1 is 1.00 bits per heavy atom. The molecule has 2 aliphatic rings. The van der Waals surface area contributed by atoms with Crippen molar-refractivity contribution in [1.82, 2.24) is 15.3 Å². The number of halogens is 1. The number of hydrogen-bond acceptors (Lipinski definition) is 5. The highest BCUT2D eigenvalue weighted by atomic mass is 79.9. The maximum absolute atomic E-state index is 5.51. The summed E-state index contributed by atoms with van der Waals surface area (Å²) in [6.45, 7) is 0. The Balaban J connectivity index is 1.29. The number of aryl methyl sites for hydroxylation is 1. The molecular formula is C23H31BrN6S. The molecule has 0 amide bonds. The highest BCUT2D eigenvalue weighted by molar-refractivity contribution is 9.10. The molecule has 1 aromatic carbocycles. The molecular weight excluding hydrogens is 472 g/mol. The fourth-order valence-corrected chi connectivity index (χ4v) is 5.01. The van der Waals surface area contributed by atoms with Crippen LogP contribution in [0, 0.1) is 0 Å². The monoisotopic (exact) mass is 502 g/mol. The molecule has 0 radical (unpaired) electrons. The third-order valence-corrected chi connectivity index (χ3v) is 6.83. The quantitative estimate of drug-likeness (QED) is 0.502. The molecule has 0 unspecified atom stereocenters. The fourth-order valence-electron chi connectivity index (χ4n) is 4.46. The van der Waals surface area contributed by atoms with Crippen LogP contribution in [-0.2, 0) is 12.8 Å². The fraction of sp³-hybridized carbons (Fsp3) is 0.522. The maximum atomic E-state index is 5.51. The van der Waals surface area contributed by atoms with Gasteiger partial charge in [0.1, 0.15) is 5.82 Å². The van der Waals surface area contributed by atoms with E-state index in [9.17, 15) is 0 Å². The lowest BCUT2D eigenvalue weighted by molar-refractivity contribution is 0.387. The van der Waals surface area contributed by atoms with E-state index >= 15 is 0 Å². The second-order valence-corrected chi connectivity index (χ2v) is 10.0. The molecule has 2 aliphatic carbocycles. The summed E-state index contributed by atoms with van der Waals surface area (Å²) in [5.41, 5.74) is 3.56. The number of fused-ring (bicyclic) bond motifs is 1. The van der Waals surface area contributed by atoms with Gasteiger partial charge in [0.25, 0.3) is 0 Å². The van der Waals surface area contributed by atoms with E-state index in [-0.39, 0.29) is 0 Å². The van der Waals surface area contributed by atoms with E-state index in [1.165, 1.54) is 24.1 Å². The number of hydrogen-bond donors (Lipinski definition) is 3. The number of anilines is 3. The second-order valence-electron chi connectivity index (χ2n) is 8.70. The third-order valence-electron chi connectivity index (χ3n) is 6.08. The minimum atomic E-state index is 0.398. The molecule has 1 aromatic heterocycles. The summed E-state index contributed by atoms with van der Waals surface area (Å²) in [4.78, 5) is 11.8. The molecule has 1 saturated carbocycles. The van der Waals surface area contributed by atoms with Gasteiger partial charge in [0, 0.05) is 41.9 Å². The minimum Gasteiger partial charge on any atom is -0.362 e. The zero-order valence-corrected chi connectivity index (χ0v) is 20.7. The highest BCUT2D eigenvalue weighted by Crippen LogP contribution is 2.29. The van der Waals surface area contributed by atoms with Crippen molar-refractivity contribution in [3.05, 3.63) is 40.0 Å². The molecule has 0 atom stereocenters. The minimum absolute atomic E-state index is 0.398. The smallest absolute Gasteiger partial charge is 0.225 e. The highest BCUT2D eigenvalue weighted by Gasteiger charge is 2.24. The van der Waals surface area contributed by atoms with Gasteiger partial charge in [0.2, 0.25) is 5.95 Å². The summed E-state index contributed by atoms with van der Waals surface area (Å²) in [6.07, 6.45) is 8.92. The van der Waals surface area contributed by atoms with E-state index < -0.39 is 0 Å². The number of aromatic nitrogens is 2. The van der Waals surface area contributed by atoms with Crippen LogP contribution in [-0.4, -0.2) is 41.3 Å². The van der Waals surface area contributed by atoms with Crippen LogP contribution in [0.15, 0.2) is 28.7 Å². The Labute approximate surface area is 198 Å². The van der Waals surface area contributed by atoms with Crippen molar-refractivity contribution >= 4 is 50.7 Å². The summed E-state index contributed by atoms with van der Waals surface area (Å²) >= 11 is 8.96. The number of nitrogens with one attached hydrogen (secondary N) is 3. The van der Waals surface area contributed by atoms with Gasteiger partial charge in [-0.1, -0.05) is 15.9 Å². The average molecular weight is 504 g/mol. The molecule has 1 fully saturated rings. The molecule has 4 rings (SSSR count). The molecule has 3 N–H and O–H groups in total. The van der Waals surface area contributed by atoms with Gasteiger partial charge in [-0.05, 0) is 87.8 Å². The molecule has 0 aliphatic heterocycles. The molecule has 31 heavy (non-hydrogen) atoms. The van der Waals surface area contributed by atoms with Crippen LogP contribution in [0.5, 0.6) is 0 Å². The molecule has 0 bridgehead atoms. The van der Waals surface area contributed by atoms with Crippen molar-refractivity contribution in [2.45, 2.75) is 63.5 Å². The van der Waals surface area contributed by atoms with Crippen LogP contribution in [0.2, 0.25) is 0 Å². The maximum Gasteiger partial charge on any atom is 0.225 e. The summed E-state index contributed by atoms with van der Waals surface area (Å²) in [5, 5.41) is 11.0. The Morgan fingerprint density at radius 3 is 2.39 bits per heavy atom. The van der Waals surface area contributed by atoms with Crippen molar-refractivity contribution in [2.75, 3.05) is 29.6 Å². The van der Waals surface area contributed by atoms with Crippen LogP contribution in [0.3, 0.4) is 0 Å². The first kappa shape index (κ1) is 22.3. The van der Waals surface area contributed by atoms with Gasteiger partial charge in [0.15, 0.2) is 5.11 Å². The Kier molecular flexibility index (Phi) is 7.27. The standard InChI is InChI=1S/C23H31BrN6S/c1-30(2)21-19-5-3-4-6-20(19)28-22(29-21)25-16-11-13-18(14-12-16)27-23(31)26-17-9-7-15(24)8-10-17/h7-10,16,18H,3-6,11-14H2,1-2H3,(H,25,28,29)(H2,26,27,31). The van der Waals surface area contributed by atoms with E-state index in [0.29, 0.717) is 17.2 Å². The SMILES string of the molecule is CN(C)c1nc(NC2CCC(NC(=S)Nc3ccc(Br)cc3)CC2)nc2c1CCCC2. The number of benzene rings is 1. The van der Waals surface area contributed by atoms with Gasteiger partial charge in [-0.2, -0.15) is 4.98 Å². The predicted molar refractivity (Wildman–Crippen MR) is 136 cm³/mol. The average Bonchev–Trinajstić information content (AvgIpc) is 2.76. The molecule has 166 valence electrons. The van der Waals surface area contributed by atoms with E-state index in [1.54, 1.807) is 0 Å². The third kappa shape index (κ3) is 5.86. The van der Waals surface area contributed by atoms with Crippen LogP contribution in [0.25, 0.3) is 0 Å². The summed E-state index contributed by atoms with van der Waals surface area (Å²) < 4.78 is 1.06. The molecule has 8 heteroatoms. The van der Waals surface area contributed by atoms with Gasteiger partial charge < -0.3 is 20.9 Å². The molecule has 1 heterocycles. The van der Waals surface area contributed by atoms with Crippen molar-refractivity contribution in [3.8, 4) is 0 Å². The van der Waals surface area contributed by atoms with Crippen LogP contribution >= 0.6 is 28.1 Å². The van der Waals surface area contributed by atoms with Crippen molar-refractivity contribution < 1.29 is 0 Å². The Bertz CT molecular complexity index is 909. The van der Waals surface area contributed by atoms with Crippen LogP contribution in [0.1, 0.15) is 49.8 Å². The summed E-state index contributed by atoms with van der Waals surface area (Å²) in [6, 6.07) is 8.84. The summed E-state index contributed by atoms with van der Waals surface area (Å²) in [5.74, 6) is 1.86. The zero-order valence-electron chi connectivity index (χ0n) is 18.2. The van der Waals surface area contributed by atoms with Gasteiger partial charge in [-0.25, -0.2) is 4.98 Å². The predicted octanol–water partition coefficient (Wildman–Crippen LogP) is 4.89. The second kappa shape index (κ2) is 10.1. The largest absolute Gasteiger partial charge is 0.362 e. The first-order valence-corrected chi connectivity index (χ1v) is 12.3. The van der Waals surface area contributed by atoms with Gasteiger partial charge >= 0.3 is 0 Å². The lowest BCUT2D eigenvalue weighted by Gasteiger charge is -2.31. The van der Waals surface area contributed by atoms with Gasteiger partial charge in [-0.15, -0.1) is 0 Å².